The summed E-state index contributed by atoms with van der Waals surface area (Å²) < 4.78 is 1.58. The standard InChI is InChI=1S/C19H21N3O4S/c1-12(23)13-5-4-6-14(9-13)20-17(25)11-27-19-21-16(24)10-18(26)22(19)15-7-2-3-8-15/h4-6,9-10,15,24H,2-3,7-8,11H2,1H3,(H,20,25). The summed E-state index contributed by atoms with van der Waals surface area (Å²) >= 11 is 1.11. The molecule has 0 saturated heterocycles. The molecule has 2 N–H and O–H groups in total. The van der Waals surface area contributed by atoms with Gasteiger partial charge in [0.2, 0.25) is 11.8 Å². The average Bonchev–Trinajstić information content (AvgIpc) is 3.13. The Bertz CT molecular complexity index is 919. The number of carbonyl (C=O) groups excluding carboxylic acids is 2. The highest BCUT2D eigenvalue weighted by molar-refractivity contribution is 7.99. The molecule has 1 fully saturated rings. The van der Waals surface area contributed by atoms with Crippen LogP contribution < -0.4 is 10.9 Å². The Morgan fingerprint density at radius 2 is 2.04 bits per heavy atom. The fourth-order valence-corrected chi connectivity index (χ4v) is 4.07. The smallest absolute Gasteiger partial charge is 0.258 e. The minimum Gasteiger partial charge on any atom is -0.493 e. The molecule has 142 valence electrons. The SMILES string of the molecule is CC(=O)c1cccc(NC(=O)CSc2nc(O)cc(=O)n2C2CCCC2)c1. The Balaban J connectivity index is 1.71. The van der Waals surface area contributed by atoms with Crippen molar-refractivity contribution in [2.45, 2.75) is 43.8 Å². The Labute approximate surface area is 160 Å². The van der Waals surface area contributed by atoms with Gasteiger partial charge >= 0.3 is 0 Å². The Hall–Kier alpha value is -2.61. The van der Waals surface area contributed by atoms with E-state index in [1.807, 2.05) is 0 Å². The van der Waals surface area contributed by atoms with E-state index in [0.717, 1.165) is 43.5 Å². The molecule has 1 amide bonds. The molecule has 0 unspecified atom stereocenters. The number of anilines is 1. The molecule has 1 aliphatic carbocycles. The topological polar surface area (TPSA) is 101 Å². The lowest BCUT2D eigenvalue weighted by atomic mass is 10.1. The maximum absolute atomic E-state index is 12.3. The van der Waals surface area contributed by atoms with Gasteiger partial charge in [-0.3, -0.25) is 19.0 Å². The number of ketones is 1. The number of Topliss-reactive ketones (excluding diaryl/α,β-unsaturated/α-hetero) is 1. The van der Waals surface area contributed by atoms with Crippen LogP contribution in [0.3, 0.4) is 0 Å². The molecule has 8 heteroatoms. The van der Waals surface area contributed by atoms with Gasteiger partial charge in [-0.15, -0.1) is 0 Å². The molecule has 0 aliphatic heterocycles. The summed E-state index contributed by atoms with van der Waals surface area (Å²) in [5.41, 5.74) is 0.752. The maximum atomic E-state index is 12.3. The van der Waals surface area contributed by atoms with Crippen LogP contribution in [0.2, 0.25) is 0 Å². The molecule has 0 radical (unpaired) electrons. The van der Waals surface area contributed by atoms with Crippen molar-refractivity contribution in [1.29, 1.82) is 0 Å². The number of rotatable bonds is 6. The second-order valence-corrected chi connectivity index (χ2v) is 7.46. The van der Waals surface area contributed by atoms with Crippen molar-refractivity contribution in [3.05, 3.63) is 46.2 Å². The fraction of sp³-hybridized carbons (Fsp3) is 0.368. The largest absolute Gasteiger partial charge is 0.493 e. The molecule has 0 atom stereocenters. The molecule has 1 aromatic heterocycles. The number of benzene rings is 1. The van der Waals surface area contributed by atoms with Crippen LogP contribution in [-0.2, 0) is 4.79 Å². The number of nitrogens with one attached hydrogen (secondary N) is 1. The summed E-state index contributed by atoms with van der Waals surface area (Å²) in [7, 11) is 0. The van der Waals surface area contributed by atoms with Crippen molar-refractivity contribution in [3.8, 4) is 5.88 Å². The van der Waals surface area contributed by atoms with Crippen LogP contribution in [0.25, 0.3) is 0 Å². The van der Waals surface area contributed by atoms with E-state index in [4.69, 9.17) is 0 Å². The number of carbonyl (C=O) groups is 2. The van der Waals surface area contributed by atoms with Gasteiger partial charge in [0.15, 0.2) is 10.9 Å². The van der Waals surface area contributed by atoms with E-state index in [0.29, 0.717) is 16.4 Å². The van der Waals surface area contributed by atoms with Crippen molar-refractivity contribution >= 4 is 29.1 Å². The highest BCUT2D eigenvalue weighted by Gasteiger charge is 2.22. The van der Waals surface area contributed by atoms with Crippen molar-refractivity contribution < 1.29 is 14.7 Å². The zero-order valence-corrected chi connectivity index (χ0v) is 15.8. The first-order valence-corrected chi connectivity index (χ1v) is 9.79. The van der Waals surface area contributed by atoms with E-state index in [9.17, 15) is 19.5 Å². The molecule has 0 bridgehead atoms. The van der Waals surface area contributed by atoms with E-state index >= 15 is 0 Å². The van der Waals surface area contributed by atoms with E-state index in [1.54, 1.807) is 28.8 Å². The highest BCUT2D eigenvalue weighted by Crippen LogP contribution is 2.31. The van der Waals surface area contributed by atoms with Crippen LogP contribution in [0.15, 0.2) is 40.3 Å². The molecule has 7 nitrogen and oxygen atoms in total. The molecule has 3 rings (SSSR count). The van der Waals surface area contributed by atoms with Gasteiger partial charge in [0, 0.05) is 17.3 Å². The second kappa shape index (κ2) is 8.39. The first-order valence-electron chi connectivity index (χ1n) is 8.80. The lowest BCUT2D eigenvalue weighted by Gasteiger charge is -2.17. The van der Waals surface area contributed by atoms with Crippen LogP contribution >= 0.6 is 11.8 Å². The van der Waals surface area contributed by atoms with Crippen molar-refractivity contribution in [2.24, 2.45) is 0 Å². The normalized spacial score (nSPS) is 14.3. The van der Waals surface area contributed by atoms with Gasteiger partial charge in [0.1, 0.15) is 0 Å². The van der Waals surface area contributed by atoms with E-state index in [1.165, 1.54) is 6.92 Å². The minimum absolute atomic E-state index is 0.0346. The van der Waals surface area contributed by atoms with Gasteiger partial charge < -0.3 is 10.4 Å². The minimum atomic E-state index is -0.341. The van der Waals surface area contributed by atoms with Crippen LogP contribution in [0.1, 0.15) is 49.0 Å². The van der Waals surface area contributed by atoms with E-state index in [-0.39, 0.29) is 34.9 Å². The molecule has 0 spiro atoms. The van der Waals surface area contributed by atoms with Gasteiger partial charge in [-0.2, -0.15) is 4.98 Å². The summed E-state index contributed by atoms with van der Waals surface area (Å²) in [6.07, 6.45) is 3.89. The summed E-state index contributed by atoms with van der Waals surface area (Å²) in [5, 5.41) is 12.8. The summed E-state index contributed by atoms with van der Waals surface area (Å²) in [4.78, 5) is 40.1. The third kappa shape index (κ3) is 4.77. The molecule has 27 heavy (non-hydrogen) atoms. The number of nitrogens with zero attached hydrogens (tertiary/aromatic N) is 2. The van der Waals surface area contributed by atoms with E-state index in [2.05, 4.69) is 10.3 Å². The first-order chi connectivity index (χ1) is 12.9. The van der Waals surface area contributed by atoms with Crippen molar-refractivity contribution in [1.82, 2.24) is 9.55 Å². The van der Waals surface area contributed by atoms with Crippen LogP contribution in [0.5, 0.6) is 5.88 Å². The molecular weight excluding hydrogens is 366 g/mol. The number of aromatic nitrogens is 2. The lowest BCUT2D eigenvalue weighted by Crippen LogP contribution is -2.26. The molecule has 1 aromatic carbocycles. The maximum Gasteiger partial charge on any atom is 0.258 e. The van der Waals surface area contributed by atoms with Crippen LogP contribution in [0.4, 0.5) is 5.69 Å². The van der Waals surface area contributed by atoms with Gasteiger partial charge in [-0.05, 0) is 31.9 Å². The van der Waals surface area contributed by atoms with Gasteiger partial charge in [-0.25, -0.2) is 0 Å². The summed E-state index contributed by atoms with van der Waals surface area (Å²) in [5.74, 6) is -0.667. The zero-order valence-electron chi connectivity index (χ0n) is 15.0. The predicted octanol–water partition coefficient (Wildman–Crippen LogP) is 3.00. The van der Waals surface area contributed by atoms with Crippen molar-refractivity contribution in [3.63, 3.8) is 0 Å². The fourth-order valence-electron chi connectivity index (χ4n) is 3.20. The predicted molar refractivity (Wildman–Crippen MR) is 103 cm³/mol. The summed E-state index contributed by atoms with van der Waals surface area (Å²) in [6, 6.07) is 7.87. The summed E-state index contributed by atoms with van der Waals surface area (Å²) in [6.45, 7) is 1.46. The average molecular weight is 387 g/mol. The first kappa shape index (κ1) is 19.2. The lowest BCUT2D eigenvalue weighted by molar-refractivity contribution is -0.113. The van der Waals surface area contributed by atoms with Crippen LogP contribution in [0, 0.1) is 0 Å². The van der Waals surface area contributed by atoms with Crippen molar-refractivity contribution in [2.75, 3.05) is 11.1 Å². The number of amides is 1. The van der Waals surface area contributed by atoms with Crippen LogP contribution in [-0.4, -0.2) is 32.1 Å². The molecular formula is C19H21N3O4S. The number of hydrogen-bond donors (Lipinski definition) is 2. The Morgan fingerprint density at radius 1 is 1.30 bits per heavy atom. The molecule has 2 aromatic rings. The monoisotopic (exact) mass is 387 g/mol. The van der Waals surface area contributed by atoms with Gasteiger partial charge in [0.25, 0.3) is 5.56 Å². The zero-order chi connectivity index (χ0) is 19.4. The number of thioether (sulfide) groups is 1. The second-order valence-electron chi connectivity index (χ2n) is 6.52. The van der Waals surface area contributed by atoms with Gasteiger partial charge in [0.05, 0.1) is 11.8 Å². The number of aromatic hydroxyl groups is 1. The Kier molecular flexibility index (Phi) is 5.95. The quantitative estimate of drug-likeness (QED) is 0.449. The van der Waals surface area contributed by atoms with E-state index < -0.39 is 0 Å². The third-order valence-electron chi connectivity index (χ3n) is 4.48. The molecule has 1 saturated carbocycles. The molecule has 1 heterocycles. The molecule has 1 aliphatic rings. The highest BCUT2D eigenvalue weighted by atomic mass is 32.2. The third-order valence-corrected chi connectivity index (χ3v) is 5.43. The Morgan fingerprint density at radius 3 is 2.74 bits per heavy atom. The van der Waals surface area contributed by atoms with Gasteiger partial charge in [-0.1, -0.05) is 36.7 Å². The number of hydrogen-bond acceptors (Lipinski definition) is 6.